The molecule has 10 heteroatoms. The number of rotatable bonds is 5. The molecule has 0 spiro atoms. The lowest BCUT2D eigenvalue weighted by Crippen LogP contribution is -2.36. The second-order valence-corrected chi connectivity index (χ2v) is 8.28. The van der Waals surface area contributed by atoms with Crippen LogP contribution in [0, 0.1) is 5.82 Å². The molecule has 7 nitrogen and oxygen atoms in total. The van der Waals surface area contributed by atoms with E-state index in [1.807, 2.05) is 0 Å². The number of halogens is 1. The third-order valence-corrected chi connectivity index (χ3v) is 6.05. The van der Waals surface area contributed by atoms with Crippen molar-refractivity contribution in [2.24, 2.45) is 0 Å². The number of carbonyl (C=O) groups excluding carboxylic acids is 1. The van der Waals surface area contributed by atoms with E-state index in [9.17, 15) is 9.18 Å². The minimum Gasteiger partial charge on any atom is -0.469 e. The van der Waals surface area contributed by atoms with Crippen LogP contribution < -0.4 is 15.1 Å². The fraction of sp³-hybridized carbons (Fsp3) is 0.550. The van der Waals surface area contributed by atoms with Gasteiger partial charge in [0.1, 0.15) is 24.6 Å². The normalized spacial score (nSPS) is 22.1. The van der Waals surface area contributed by atoms with Gasteiger partial charge in [0, 0.05) is 0 Å². The van der Waals surface area contributed by atoms with Gasteiger partial charge in [0.15, 0.2) is 0 Å². The average molecular weight is 454 g/mol. The van der Waals surface area contributed by atoms with E-state index in [0.717, 1.165) is 25.7 Å². The fourth-order valence-electron chi connectivity index (χ4n) is 3.91. The molecule has 162 valence electrons. The number of benzene rings is 1. The number of thiocarbonyl (C=S) groups is 2. The monoisotopic (exact) mass is 453 g/mol. The molecule has 1 N–H and O–H groups in total. The van der Waals surface area contributed by atoms with Gasteiger partial charge in [-0.05, 0) is 68.3 Å². The third-order valence-electron chi connectivity index (χ3n) is 5.47. The Morgan fingerprint density at radius 2 is 2.07 bits per heavy atom. The fourth-order valence-corrected chi connectivity index (χ4v) is 4.40. The molecule has 4 rings (SSSR count). The van der Waals surface area contributed by atoms with Crippen molar-refractivity contribution >= 4 is 52.3 Å². The van der Waals surface area contributed by atoms with Gasteiger partial charge in [0.2, 0.25) is 0 Å². The zero-order valence-electron chi connectivity index (χ0n) is 16.5. The van der Waals surface area contributed by atoms with Crippen molar-refractivity contribution in [2.45, 2.75) is 44.3 Å². The zero-order valence-corrected chi connectivity index (χ0v) is 18.1. The molecule has 2 saturated heterocycles. The largest absolute Gasteiger partial charge is 0.469 e. The smallest absolute Gasteiger partial charge is 0.414 e. The highest BCUT2D eigenvalue weighted by Crippen LogP contribution is 2.29. The van der Waals surface area contributed by atoms with Gasteiger partial charge in [-0.25, -0.2) is 9.18 Å². The van der Waals surface area contributed by atoms with E-state index in [-0.39, 0.29) is 11.3 Å². The van der Waals surface area contributed by atoms with Crippen LogP contribution in [0.25, 0.3) is 0 Å². The highest BCUT2D eigenvalue weighted by atomic mass is 32.1. The Morgan fingerprint density at radius 1 is 1.27 bits per heavy atom. The van der Waals surface area contributed by atoms with E-state index < -0.39 is 18.0 Å². The van der Waals surface area contributed by atoms with Crippen LogP contribution in [0.1, 0.15) is 32.1 Å². The average Bonchev–Trinajstić information content (AvgIpc) is 3.32. The van der Waals surface area contributed by atoms with Crippen LogP contribution in [0.5, 0.6) is 0 Å². The summed E-state index contributed by atoms with van der Waals surface area (Å²) in [6.45, 7) is 1.56. The maximum absolute atomic E-state index is 14.6. The Kier molecular flexibility index (Phi) is 6.52. The third kappa shape index (κ3) is 4.75. The molecule has 0 aromatic heterocycles. The van der Waals surface area contributed by atoms with Crippen molar-refractivity contribution < 1.29 is 23.4 Å². The van der Waals surface area contributed by atoms with Gasteiger partial charge in [0.05, 0.1) is 31.0 Å². The molecule has 1 amide bonds. The molecule has 1 aliphatic carbocycles. The summed E-state index contributed by atoms with van der Waals surface area (Å²) in [5.41, 5.74) is 0.757. The Morgan fingerprint density at radius 3 is 2.77 bits per heavy atom. The van der Waals surface area contributed by atoms with E-state index in [4.69, 9.17) is 38.6 Å². The molecule has 3 fully saturated rings. The van der Waals surface area contributed by atoms with Crippen molar-refractivity contribution in [3.63, 3.8) is 0 Å². The topological polar surface area (TPSA) is 63.3 Å². The molecule has 0 bridgehead atoms. The van der Waals surface area contributed by atoms with Gasteiger partial charge in [-0.3, -0.25) is 9.80 Å². The molecule has 3 aliphatic rings. The van der Waals surface area contributed by atoms with Crippen molar-refractivity contribution in [1.29, 1.82) is 0 Å². The molecule has 30 heavy (non-hydrogen) atoms. The number of hydrogen-bond donors (Lipinski definition) is 1. The predicted octanol–water partition coefficient (Wildman–Crippen LogP) is 3.50. The maximum Gasteiger partial charge on any atom is 0.414 e. The summed E-state index contributed by atoms with van der Waals surface area (Å²) >= 11 is 10.3. The van der Waals surface area contributed by atoms with Gasteiger partial charge < -0.3 is 19.5 Å². The Balaban J connectivity index is 1.31. The lowest BCUT2D eigenvalue weighted by molar-refractivity contribution is 0.128. The van der Waals surface area contributed by atoms with Crippen LogP contribution in [0.15, 0.2) is 18.2 Å². The molecule has 0 radical (unpaired) electrons. The van der Waals surface area contributed by atoms with Gasteiger partial charge in [-0.1, -0.05) is 6.42 Å². The Hall–Kier alpha value is -2.20. The van der Waals surface area contributed by atoms with Crippen LogP contribution in [-0.4, -0.2) is 54.9 Å². The Bertz CT molecular complexity index is 834. The number of amides is 1. The first-order chi connectivity index (χ1) is 14.5. The predicted molar refractivity (Wildman–Crippen MR) is 118 cm³/mol. The standard InChI is InChI=1S/C20H24FN3O4S2/c21-16-10-13(6-7-17(16)23-8-9-26-20(23)30)24-12-15(28-19(24)25)11-22-18(29)27-14-4-2-1-3-5-14/h6-7,10,14-15H,1-5,8-9,11-12H2,(H,22,29)/t15-/m0/s1. The number of nitrogens with one attached hydrogen (secondary N) is 1. The summed E-state index contributed by atoms with van der Waals surface area (Å²) in [5, 5.41) is 3.60. The molecule has 1 saturated carbocycles. The summed E-state index contributed by atoms with van der Waals surface area (Å²) in [6, 6.07) is 4.58. The van der Waals surface area contributed by atoms with Gasteiger partial charge >= 0.3 is 6.09 Å². The number of carbonyl (C=O) groups is 1. The summed E-state index contributed by atoms with van der Waals surface area (Å²) in [4.78, 5) is 15.3. The first-order valence-corrected chi connectivity index (χ1v) is 11.0. The zero-order chi connectivity index (χ0) is 21.1. The van der Waals surface area contributed by atoms with Crippen LogP contribution >= 0.6 is 24.4 Å². The van der Waals surface area contributed by atoms with Crippen LogP contribution in [0.3, 0.4) is 0 Å². The van der Waals surface area contributed by atoms with Gasteiger partial charge in [0.25, 0.3) is 10.3 Å². The van der Waals surface area contributed by atoms with Crippen molar-refractivity contribution in [1.82, 2.24) is 5.32 Å². The number of anilines is 2. The molecule has 1 aromatic rings. The lowest BCUT2D eigenvalue weighted by atomic mass is 9.98. The molecule has 2 aliphatic heterocycles. The lowest BCUT2D eigenvalue weighted by Gasteiger charge is -2.23. The summed E-state index contributed by atoms with van der Waals surface area (Å²) in [7, 11) is 0. The molecule has 1 aromatic carbocycles. The SMILES string of the molecule is O=C1O[C@@H](CNC(=S)OC2CCCCC2)CN1c1ccc(N2CCOC2=S)c(F)c1. The summed E-state index contributed by atoms with van der Waals surface area (Å²) in [6.07, 6.45) is 4.84. The highest BCUT2D eigenvalue weighted by molar-refractivity contribution is 7.80. The van der Waals surface area contributed by atoms with Crippen LogP contribution in [-0.2, 0) is 14.2 Å². The summed E-state index contributed by atoms with van der Waals surface area (Å²) in [5.74, 6) is -0.475. The first-order valence-electron chi connectivity index (χ1n) is 10.2. The van der Waals surface area contributed by atoms with Crippen LogP contribution in [0.4, 0.5) is 20.6 Å². The van der Waals surface area contributed by atoms with Crippen molar-refractivity contribution in [3.05, 3.63) is 24.0 Å². The van der Waals surface area contributed by atoms with Crippen LogP contribution in [0.2, 0.25) is 0 Å². The number of hydrogen-bond acceptors (Lipinski definition) is 6. The Labute approximate surface area is 185 Å². The van der Waals surface area contributed by atoms with E-state index >= 15 is 0 Å². The number of nitrogens with zero attached hydrogens (tertiary/aromatic N) is 2. The molecule has 2 heterocycles. The number of cyclic esters (lactones) is 1. The molecule has 1 atom stereocenters. The van der Waals surface area contributed by atoms with E-state index in [1.165, 1.54) is 17.4 Å². The quantitative estimate of drug-likeness (QED) is 0.680. The maximum atomic E-state index is 14.6. The molecular weight excluding hydrogens is 429 g/mol. The van der Waals surface area contributed by atoms with Crippen molar-refractivity contribution in [2.75, 3.05) is 36.0 Å². The van der Waals surface area contributed by atoms with Gasteiger partial charge in [-0.2, -0.15) is 0 Å². The van der Waals surface area contributed by atoms with E-state index in [0.29, 0.717) is 42.8 Å². The second kappa shape index (κ2) is 9.30. The minimum absolute atomic E-state index is 0.164. The summed E-state index contributed by atoms with van der Waals surface area (Å²) < 4.78 is 31.0. The van der Waals surface area contributed by atoms with E-state index in [1.54, 1.807) is 17.0 Å². The first kappa shape index (κ1) is 21.0. The van der Waals surface area contributed by atoms with Crippen molar-refractivity contribution in [3.8, 4) is 0 Å². The second-order valence-electron chi connectivity index (χ2n) is 7.56. The number of ether oxygens (including phenoxy) is 3. The van der Waals surface area contributed by atoms with E-state index in [2.05, 4.69) is 5.32 Å². The molecule has 0 unspecified atom stereocenters. The van der Waals surface area contributed by atoms with Gasteiger partial charge in [-0.15, -0.1) is 0 Å². The molecular formula is C20H24FN3O4S2. The minimum atomic E-state index is -0.520. The highest BCUT2D eigenvalue weighted by Gasteiger charge is 2.33.